The van der Waals surface area contributed by atoms with Gasteiger partial charge in [0, 0.05) is 51.9 Å². The Hall–Kier alpha value is -0.700. The molecule has 23 heavy (non-hydrogen) atoms. The lowest BCUT2D eigenvalue weighted by atomic mass is 9.97. The zero-order chi connectivity index (χ0) is 16.7. The van der Waals surface area contributed by atoms with Crippen LogP contribution in [0.5, 0.6) is 0 Å². The smallest absolute Gasteiger partial charge is 0.281 e. The molecule has 8 heteroatoms. The zero-order valence-electron chi connectivity index (χ0n) is 14.0. The van der Waals surface area contributed by atoms with Crippen molar-refractivity contribution in [2.24, 2.45) is 5.92 Å². The number of carbonyl (C=O) groups excluding carboxylic acids is 1. The Kier molecular flexibility index (Phi) is 7.26. The topological polar surface area (TPSA) is 79.0 Å². The van der Waals surface area contributed by atoms with E-state index in [4.69, 9.17) is 4.74 Å². The molecule has 0 aromatic rings. The molecule has 2 aliphatic rings. The van der Waals surface area contributed by atoms with E-state index in [-0.39, 0.29) is 11.8 Å². The first-order valence-electron chi connectivity index (χ1n) is 8.66. The maximum Gasteiger partial charge on any atom is 0.281 e. The molecule has 0 spiro atoms. The second kappa shape index (κ2) is 8.96. The standard InChI is InChI=1S/C15H29N3O4S/c1-2-22-13-5-8-16-15(19)14-6-11-18(12-7-14)23(20,21)17-9-3-4-10-17/h14H,2-13H2,1H3,(H,16,19). The number of ether oxygens (including phenoxy) is 1. The number of piperidine rings is 1. The lowest BCUT2D eigenvalue weighted by Gasteiger charge is -2.33. The molecule has 2 fully saturated rings. The molecule has 2 rings (SSSR count). The molecule has 134 valence electrons. The van der Waals surface area contributed by atoms with E-state index in [1.165, 1.54) is 4.31 Å². The van der Waals surface area contributed by atoms with Gasteiger partial charge in [0.2, 0.25) is 5.91 Å². The van der Waals surface area contributed by atoms with E-state index in [1.54, 1.807) is 4.31 Å². The van der Waals surface area contributed by atoms with Crippen molar-refractivity contribution in [1.82, 2.24) is 13.9 Å². The van der Waals surface area contributed by atoms with Gasteiger partial charge in [-0.1, -0.05) is 0 Å². The van der Waals surface area contributed by atoms with E-state index >= 15 is 0 Å². The van der Waals surface area contributed by atoms with Crippen LogP contribution in [0, 0.1) is 5.92 Å². The molecule has 0 saturated carbocycles. The van der Waals surface area contributed by atoms with Gasteiger partial charge in [-0.2, -0.15) is 17.0 Å². The number of nitrogens with one attached hydrogen (secondary N) is 1. The summed E-state index contributed by atoms with van der Waals surface area (Å²) in [6.07, 6.45) is 3.90. The molecule has 0 aliphatic carbocycles. The minimum Gasteiger partial charge on any atom is -0.382 e. The third-order valence-electron chi connectivity index (χ3n) is 4.51. The molecule has 2 heterocycles. The van der Waals surface area contributed by atoms with Crippen molar-refractivity contribution >= 4 is 16.1 Å². The van der Waals surface area contributed by atoms with Crippen LogP contribution in [-0.2, 0) is 19.7 Å². The highest BCUT2D eigenvalue weighted by atomic mass is 32.2. The van der Waals surface area contributed by atoms with E-state index in [2.05, 4.69) is 5.32 Å². The molecule has 0 radical (unpaired) electrons. The van der Waals surface area contributed by atoms with Gasteiger partial charge >= 0.3 is 0 Å². The van der Waals surface area contributed by atoms with Crippen LogP contribution in [0.2, 0.25) is 0 Å². The van der Waals surface area contributed by atoms with E-state index in [0.29, 0.717) is 58.8 Å². The Bertz CT molecular complexity index is 469. The summed E-state index contributed by atoms with van der Waals surface area (Å²) in [4.78, 5) is 12.1. The Balaban J connectivity index is 1.71. The minimum absolute atomic E-state index is 0.0414. The van der Waals surface area contributed by atoms with Crippen molar-refractivity contribution in [3.05, 3.63) is 0 Å². The van der Waals surface area contributed by atoms with E-state index in [9.17, 15) is 13.2 Å². The van der Waals surface area contributed by atoms with Gasteiger partial charge in [-0.25, -0.2) is 0 Å². The van der Waals surface area contributed by atoms with Gasteiger partial charge in [0.25, 0.3) is 10.2 Å². The molecule has 7 nitrogen and oxygen atoms in total. The van der Waals surface area contributed by atoms with Crippen molar-refractivity contribution in [3.8, 4) is 0 Å². The lowest BCUT2D eigenvalue weighted by molar-refractivity contribution is -0.126. The van der Waals surface area contributed by atoms with Crippen LogP contribution in [0.15, 0.2) is 0 Å². The summed E-state index contributed by atoms with van der Waals surface area (Å²) in [5, 5.41) is 2.92. The maximum absolute atomic E-state index is 12.5. The van der Waals surface area contributed by atoms with E-state index in [1.807, 2.05) is 6.92 Å². The summed E-state index contributed by atoms with van der Waals surface area (Å²) in [5.41, 5.74) is 0. The number of hydrogen-bond donors (Lipinski definition) is 1. The van der Waals surface area contributed by atoms with E-state index in [0.717, 1.165) is 19.3 Å². The molecule has 0 bridgehead atoms. The van der Waals surface area contributed by atoms with Crippen LogP contribution in [-0.4, -0.2) is 68.9 Å². The summed E-state index contributed by atoms with van der Waals surface area (Å²) >= 11 is 0. The molecule has 0 aromatic heterocycles. The average molecular weight is 347 g/mol. The van der Waals surface area contributed by atoms with Crippen LogP contribution in [0.1, 0.15) is 39.0 Å². The van der Waals surface area contributed by atoms with Gasteiger partial charge in [0.1, 0.15) is 0 Å². The molecular weight excluding hydrogens is 318 g/mol. The van der Waals surface area contributed by atoms with Crippen LogP contribution < -0.4 is 5.32 Å². The Morgan fingerprint density at radius 1 is 1.13 bits per heavy atom. The fourth-order valence-electron chi connectivity index (χ4n) is 3.11. The van der Waals surface area contributed by atoms with E-state index < -0.39 is 10.2 Å². The molecule has 2 saturated heterocycles. The van der Waals surface area contributed by atoms with Gasteiger partial charge in [0.15, 0.2) is 0 Å². The predicted molar refractivity (Wildman–Crippen MR) is 88.1 cm³/mol. The van der Waals surface area contributed by atoms with Crippen LogP contribution in [0.3, 0.4) is 0 Å². The number of carbonyl (C=O) groups is 1. The molecule has 0 unspecified atom stereocenters. The number of nitrogens with zero attached hydrogens (tertiary/aromatic N) is 2. The number of rotatable bonds is 8. The number of hydrogen-bond acceptors (Lipinski definition) is 4. The first-order valence-corrected chi connectivity index (χ1v) is 10.1. The summed E-state index contributed by atoms with van der Waals surface area (Å²) in [7, 11) is -3.32. The molecule has 1 amide bonds. The van der Waals surface area contributed by atoms with Crippen molar-refractivity contribution in [3.63, 3.8) is 0 Å². The zero-order valence-corrected chi connectivity index (χ0v) is 14.8. The van der Waals surface area contributed by atoms with Crippen molar-refractivity contribution < 1.29 is 17.9 Å². The van der Waals surface area contributed by atoms with Gasteiger partial charge in [-0.3, -0.25) is 4.79 Å². The van der Waals surface area contributed by atoms with Crippen molar-refractivity contribution in [2.75, 3.05) is 45.9 Å². The molecular formula is C15H29N3O4S. The van der Waals surface area contributed by atoms with Gasteiger partial charge in [-0.15, -0.1) is 0 Å². The maximum atomic E-state index is 12.5. The average Bonchev–Trinajstić information content (AvgIpc) is 3.10. The lowest BCUT2D eigenvalue weighted by Crippen LogP contribution is -2.48. The van der Waals surface area contributed by atoms with Gasteiger partial charge in [-0.05, 0) is 39.0 Å². The van der Waals surface area contributed by atoms with Gasteiger partial charge < -0.3 is 10.1 Å². The van der Waals surface area contributed by atoms with Crippen LogP contribution in [0.25, 0.3) is 0 Å². The summed E-state index contributed by atoms with van der Waals surface area (Å²) < 4.78 is 33.3. The Labute approximate surface area is 139 Å². The summed E-state index contributed by atoms with van der Waals surface area (Å²) in [6.45, 7) is 6.05. The SMILES string of the molecule is CCOCCCNC(=O)C1CCN(S(=O)(=O)N2CCCC2)CC1. The van der Waals surface area contributed by atoms with Crippen molar-refractivity contribution in [1.29, 1.82) is 0 Å². The third kappa shape index (κ3) is 5.14. The van der Waals surface area contributed by atoms with Crippen LogP contribution >= 0.6 is 0 Å². The normalized spacial score (nSPS) is 21.6. The minimum atomic E-state index is -3.32. The highest BCUT2D eigenvalue weighted by Crippen LogP contribution is 2.23. The largest absolute Gasteiger partial charge is 0.382 e. The van der Waals surface area contributed by atoms with Gasteiger partial charge in [0.05, 0.1) is 0 Å². The monoisotopic (exact) mass is 347 g/mol. The highest BCUT2D eigenvalue weighted by molar-refractivity contribution is 7.86. The Morgan fingerprint density at radius 2 is 1.74 bits per heavy atom. The summed E-state index contributed by atoms with van der Waals surface area (Å²) in [6, 6.07) is 0. The fraction of sp³-hybridized carbons (Fsp3) is 0.933. The Morgan fingerprint density at radius 3 is 2.35 bits per heavy atom. The molecule has 0 aromatic carbocycles. The van der Waals surface area contributed by atoms with Crippen LogP contribution in [0.4, 0.5) is 0 Å². The number of amides is 1. The second-order valence-corrected chi connectivity index (χ2v) is 8.06. The fourth-order valence-corrected chi connectivity index (χ4v) is 4.82. The summed E-state index contributed by atoms with van der Waals surface area (Å²) in [5.74, 6) is -0.0353. The second-order valence-electron chi connectivity index (χ2n) is 6.13. The first-order chi connectivity index (χ1) is 11.1. The first kappa shape index (κ1) is 18.6. The predicted octanol–water partition coefficient (Wildman–Crippen LogP) is 0.582. The molecule has 1 N–H and O–H groups in total. The highest BCUT2D eigenvalue weighted by Gasteiger charge is 2.35. The molecule has 2 aliphatic heterocycles. The third-order valence-corrected chi connectivity index (χ3v) is 6.55. The molecule has 0 atom stereocenters. The quantitative estimate of drug-likeness (QED) is 0.652. The van der Waals surface area contributed by atoms with Crippen molar-refractivity contribution in [2.45, 2.75) is 39.0 Å².